The van der Waals surface area contributed by atoms with Crippen LogP contribution in [0.2, 0.25) is 5.02 Å². The van der Waals surface area contributed by atoms with Gasteiger partial charge in [0.05, 0.1) is 11.1 Å². The molecule has 0 aliphatic carbocycles. The summed E-state index contributed by atoms with van der Waals surface area (Å²) in [7, 11) is 0. The third kappa shape index (κ3) is 2.25. The van der Waals surface area contributed by atoms with Gasteiger partial charge in [0.25, 0.3) is 11.7 Å². The maximum Gasteiger partial charge on any atom is 0.303 e. The minimum atomic E-state index is -3.16. The number of hydrogen-bond donors (Lipinski definition) is 0. The average Bonchev–Trinajstić information content (AvgIpc) is 2.15. The lowest BCUT2D eigenvalue weighted by Gasteiger charge is -2.05. The molecule has 0 aliphatic rings. The second kappa shape index (κ2) is 4.67. The van der Waals surface area contributed by atoms with Gasteiger partial charge in [-0.1, -0.05) is 11.6 Å². The van der Waals surface area contributed by atoms with Crippen molar-refractivity contribution in [1.82, 2.24) is 4.98 Å². The highest BCUT2D eigenvalue weighted by molar-refractivity contribution is 6.68. The zero-order valence-corrected chi connectivity index (χ0v) is 8.80. The predicted molar refractivity (Wildman–Crippen MR) is 51.0 cm³/mol. The molecule has 1 aromatic rings. The predicted octanol–water partition coefficient (Wildman–Crippen LogP) is 2.96. The quantitative estimate of drug-likeness (QED) is 0.481. The van der Waals surface area contributed by atoms with Crippen molar-refractivity contribution in [2.45, 2.75) is 6.43 Å². The van der Waals surface area contributed by atoms with E-state index >= 15 is 0 Å². The van der Waals surface area contributed by atoms with Crippen LogP contribution in [0.1, 0.15) is 22.5 Å². The van der Waals surface area contributed by atoms with E-state index in [1.165, 1.54) is 0 Å². The van der Waals surface area contributed by atoms with E-state index in [2.05, 4.69) is 4.98 Å². The molecule has 86 valence electrons. The first-order valence-corrected chi connectivity index (χ1v) is 4.42. The van der Waals surface area contributed by atoms with Gasteiger partial charge in [0, 0.05) is 0 Å². The van der Waals surface area contributed by atoms with E-state index in [9.17, 15) is 23.7 Å². The van der Waals surface area contributed by atoms with Crippen LogP contribution >= 0.6 is 23.2 Å². The highest BCUT2D eigenvalue weighted by Gasteiger charge is 2.31. The van der Waals surface area contributed by atoms with E-state index in [4.69, 9.17) is 23.2 Å². The van der Waals surface area contributed by atoms with Crippen molar-refractivity contribution in [3.8, 4) is 0 Å². The molecule has 5 nitrogen and oxygen atoms in total. The molecule has 0 saturated carbocycles. The van der Waals surface area contributed by atoms with Crippen molar-refractivity contribution in [2.24, 2.45) is 0 Å². The summed E-state index contributed by atoms with van der Waals surface area (Å²) in [4.78, 5) is 23.5. The van der Waals surface area contributed by atoms with Crippen LogP contribution in [-0.2, 0) is 0 Å². The average molecular weight is 271 g/mol. The molecule has 0 spiro atoms. The van der Waals surface area contributed by atoms with Crippen molar-refractivity contribution < 1.29 is 18.5 Å². The van der Waals surface area contributed by atoms with Crippen molar-refractivity contribution in [2.75, 3.05) is 0 Å². The number of halogens is 4. The summed E-state index contributed by atoms with van der Waals surface area (Å²) in [5.41, 5.74) is -3.00. The van der Waals surface area contributed by atoms with Gasteiger partial charge in [-0.15, -0.1) is 0 Å². The van der Waals surface area contributed by atoms with Crippen molar-refractivity contribution >= 4 is 34.1 Å². The summed E-state index contributed by atoms with van der Waals surface area (Å²) in [6.07, 6.45) is -2.49. The van der Waals surface area contributed by atoms with Gasteiger partial charge < -0.3 is 0 Å². The Bertz CT molecular complexity index is 467. The van der Waals surface area contributed by atoms with Crippen LogP contribution in [0.25, 0.3) is 0 Å². The highest BCUT2D eigenvalue weighted by Crippen LogP contribution is 2.34. The van der Waals surface area contributed by atoms with E-state index in [0.717, 1.165) is 0 Å². The lowest BCUT2D eigenvalue weighted by Crippen LogP contribution is -2.07. The van der Waals surface area contributed by atoms with Crippen LogP contribution < -0.4 is 0 Å². The van der Waals surface area contributed by atoms with Crippen LogP contribution in [-0.4, -0.2) is 15.1 Å². The Morgan fingerprint density at radius 1 is 1.56 bits per heavy atom. The molecule has 9 heteroatoms. The summed E-state index contributed by atoms with van der Waals surface area (Å²) in [5, 5.41) is 8.62. The molecule has 16 heavy (non-hydrogen) atoms. The SMILES string of the molecule is O=C(Cl)c1c(C(F)F)ncc(Cl)c1[N+](=O)[O-]. The van der Waals surface area contributed by atoms with E-state index in [1.807, 2.05) is 0 Å². The Kier molecular flexibility index (Phi) is 3.71. The second-order valence-corrected chi connectivity index (χ2v) is 3.30. The lowest BCUT2D eigenvalue weighted by molar-refractivity contribution is -0.385. The molecule has 1 rings (SSSR count). The number of hydrogen-bond acceptors (Lipinski definition) is 4. The molecule has 0 radical (unpaired) electrons. The first-order chi connectivity index (χ1) is 7.36. The van der Waals surface area contributed by atoms with Gasteiger partial charge in [0.1, 0.15) is 16.3 Å². The number of carbonyl (C=O) groups is 1. The second-order valence-electron chi connectivity index (χ2n) is 2.55. The highest BCUT2D eigenvalue weighted by atomic mass is 35.5. The Hall–Kier alpha value is -1.34. The maximum absolute atomic E-state index is 12.4. The van der Waals surface area contributed by atoms with E-state index in [0.29, 0.717) is 6.20 Å². The summed E-state index contributed by atoms with van der Waals surface area (Å²) in [6, 6.07) is 0. The van der Waals surface area contributed by atoms with Crippen LogP contribution in [0.4, 0.5) is 14.5 Å². The standard InChI is InChI=1S/C7H2Cl2F2N2O3/c8-2-1-12-4(7(10)11)3(6(9)14)5(2)13(15)16/h1,7H. The Morgan fingerprint density at radius 3 is 2.50 bits per heavy atom. The van der Waals surface area contributed by atoms with Gasteiger partial charge in [0.15, 0.2) is 0 Å². The lowest BCUT2D eigenvalue weighted by atomic mass is 10.2. The number of rotatable bonds is 3. The molecule has 0 amide bonds. The fourth-order valence-corrected chi connectivity index (χ4v) is 1.43. The topological polar surface area (TPSA) is 73.1 Å². The number of nitrogens with zero attached hydrogens (tertiary/aromatic N) is 2. The fourth-order valence-electron chi connectivity index (χ4n) is 1.03. The third-order valence-corrected chi connectivity index (χ3v) is 2.09. The monoisotopic (exact) mass is 270 g/mol. The first kappa shape index (κ1) is 12.7. The molecule has 0 atom stereocenters. The molecule has 0 aliphatic heterocycles. The molecule has 0 saturated heterocycles. The van der Waals surface area contributed by atoms with Gasteiger partial charge in [-0.3, -0.25) is 19.9 Å². The Balaban J connectivity index is 3.63. The molecular weight excluding hydrogens is 269 g/mol. The molecule has 0 aromatic carbocycles. The summed E-state index contributed by atoms with van der Waals surface area (Å²) >= 11 is 10.4. The van der Waals surface area contributed by atoms with Crippen molar-refractivity contribution in [1.29, 1.82) is 0 Å². The molecule has 0 bridgehead atoms. The van der Waals surface area contributed by atoms with Gasteiger partial charge in [-0.2, -0.15) is 0 Å². The Labute approximate surface area is 97.1 Å². The zero-order chi connectivity index (χ0) is 12.5. The van der Waals surface area contributed by atoms with Gasteiger partial charge in [-0.25, -0.2) is 8.78 Å². The summed E-state index contributed by atoms with van der Waals surface area (Å²) < 4.78 is 24.8. The first-order valence-electron chi connectivity index (χ1n) is 3.67. The molecular formula is C7H2Cl2F2N2O3. The van der Waals surface area contributed by atoms with E-state index in [1.54, 1.807) is 0 Å². The van der Waals surface area contributed by atoms with Crippen molar-refractivity contribution in [3.05, 3.63) is 32.6 Å². The van der Waals surface area contributed by atoms with E-state index in [-0.39, 0.29) is 0 Å². The van der Waals surface area contributed by atoms with Crippen LogP contribution in [0.15, 0.2) is 6.20 Å². The largest absolute Gasteiger partial charge is 0.303 e. The minimum absolute atomic E-state index is 0.529. The van der Waals surface area contributed by atoms with Crippen LogP contribution in [0.5, 0.6) is 0 Å². The van der Waals surface area contributed by atoms with Gasteiger partial charge >= 0.3 is 5.69 Å². The number of pyridine rings is 1. The molecule has 0 unspecified atom stereocenters. The molecule has 1 heterocycles. The smallest absolute Gasteiger partial charge is 0.275 e. The maximum atomic E-state index is 12.4. The minimum Gasteiger partial charge on any atom is -0.275 e. The van der Waals surface area contributed by atoms with Gasteiger partial charge in [-0.05, 0) is 11.6 Å². The Morgan fingerprint density at radius 2 is 2.12 bits per heavy atom. The van der Waals surface area contributed by atoms with E-state index < -0.39 is 38.6 Å². The molecule has 0 fully saturated rings. The van der Waals surface area contributed by atoms with Crippen LogP contribution in [0, 0.1) is 10.1 Å². The van der Waals surface area contributed by atoms with Crippen molar-refractivity contribution in [3.63, 3.8) is 0 Å². The summed E-state index contributed by atoms with van der Waals surface area (Å²) in [5.74, 6) is 0. The normalized spacial score (nSPS) is 10.6. The third-order valence-electron chi connectivity index (χ3n) is 1.62. The van der Waals surface area contributed by atoms with Crippen LogP contribution in [0.3, 0.4) is 0 Å². The number of alkyl halides is 2. The zero-order valence-electron chi connectivity index (χ0n) is 7.29. The number of aromatic nitrogens is 1. The van der Waals surface area contributed by atoms with Gasteiger partial charge in [0.2, 0.25) is 0 Å². The molecule has 1 aromatic heterocycles. The number of carbonyl (C=O) groups excluding carboxylic acids is 1. The number of nitro groups is 1. The molecule has 0 N–H and O–H groups in total. The fraction of sp³-hybridized carbons (Fsp3) is 0.143. The summed E-state index contributed by atoms with van der Waals surface area (Å²) in [6.45, 7) is 0.